The van der Waals surface area contributed by atoms with Gasteiger partial charge in [-0.25, -0.2) is 0 Å². The summed E-state index contributed by atoms with van der Waals surface area (Å²) in [6.45, 7) is 4.63. The zero-order valence-electron chi connectivity index (χ0n) is 14.2. The quantitative estimate of drug-likeness (QED) is 0.752. The molecule has 26 heavy (non-hydrogen) atoms. The molecule has 3 rings (SSSR count). The Balaban J connectivity index is 0.00000169. The van der Waals surface area contributed by atoms with Crippen LogP contribution in [0.25, 0.3) is 0 Å². The molecule has 2 aliphatic heterocycles. The first-order valence-electron chi connectivity index (χ1n) is 8.36. The molecular formula is C17H24Cl3F3N2O. The summed E-state index contributed by atoms with van der Waals surface area (Å²) in [5, 5.41) is 3.71. The topological polar surface area (TPSA) is 24.5 Å². The fourth-order valence-electron chi connectivity index (χ4n) is 3.69. The fourth-order valence-corrected chi connectivity index (χ4v) is 3.92. The number of piperazine rings is 1. The minimum absolute atomic E-state index is 0. The lowest BCUT2D eigenvalue weighted by Gasteiger charge is -2.41. The molecule has 150 valence electrons. The van der Waals surface area contributed by atoms with E-state index in [1.807, 2.05) is 0 Å². The molecule has 0 saturated carbocycles. The first-order valence-corrected chi connectivity index (χ1v) is 8.74. The van der Waals surface area contributed by atoms with Crippen LogP contribution in [0.1, 0.15) is 30.0 Å². The van der Waals surface area contributed by atoms with Gasteiger partial charge < -0.3 is 10.1 Å². The molecule has 0 amide bonds. The van der Waals surface area contributed by atoms with E-state index in [4.69, 9.17) is 16.3 Å². The lowest BCUT2D eigenvalue weighted by atomic mass is 9.85. The van der Waals surface area contributed by atoms with Gasteiger partial charge in [0.25, 0.3) is 0 Å². The first-order chi connectivity index (χ1) is 11.5. The molecule has 2 saturated heterocycles. The van der Waals surface area contributed by atoms with Gasteiger partial charge in [0, 0.05) is 50.5 Å². The number of nitrogens with zero attached hydrogens (tertiary/aromatic N) is 1. The molecule has 0 aromatic heterocycles. The second kappa shape index (κ2) is 10.3. The zero-order valence-corrected chi connectivity index (χ0v) is 16.6. The summed E-state index contributed by atoms with van der Waals surface area (Å²) in [7, 11) is 0. The van der Waals surface area contributed by atoms with Crippen molar-refractivity contribution < 1.29 is 17.9 Å². The third kappa shape index (κ3) is 5.63. The highest BCUT2D eigenvalue weighted by atomic mass is 35.5. The molecule has 0 bridgehead atoms. The van der Waals surface area contributed by atoms with Gasteiger partial charge in [-0.05, 0) is 42.5 Å². The summed E-state index contributed by atoms with van der Waals surface area (Å²) in [6.07, 6.45) is -2.66. The van der Waals surface area contributed by atoms with Crippen molar-refractivity contribution in [1.29, 1.82) is 0 Å². The maximum Gasteiger partial charge on any atom is 0.416 e. The average molecular weight is 436 g/mol. The van der Waals surface area contributed by atoms with E-state index in [0.29, 0.717) is 23.8 Å². The number of hydrogen-bond acceptors (Lipinski definition) is 3. The lowest BCUT2D eigenvalue weighted by molar-refractivity contribution is -0.137. The third-order valence-corrected chi connectivity index (χ3v) is 5.24. The van der Waals surface area contributed by atoms with Gasteiger partial charge in [0.2, 0.25) is 0 Å². The number of benzene rings is 1. The predicted molar refractivity (Wildman–Crippen MR) is 102 cm³/mol. The summed E-state index contributed by atoms with van der Waals surface area (Å²) in [5.74, 6) is 0.262. The Labute approximate surface area is 169 Å². The van der Waals surface area contributed by atoms with Gasteiger partial charge in [0.15, 0.2) is 0 Å². The second-order valence-corrected chi connectivity index (χ2v) is 6.82. The van der Waals surface area contributed by atoms with Gasteiger partial charge in [-0.2, -0.15) is 13.2 Å². The van der Waals surface area contributed by atoms with Crippen molar-refractivity contribution >= 4 is 36.4 Å². The highest BCUT2D eigenvalue weighted by Gasteiger charge is 2.36. The highest BCUT2D eigenvalue weighted by Crippen LogP contribution is 2.41. The van der Waals surface area contributed by atoms with Crippen LogP contribution in [-0.2, 0) is 10.9 Å². The molecular weight excluding hydrogens is 412 g/mol. The second-order valence-electron chi connectivity index (χ2n) is 6.41. The number of alkyl halides is 3. The Morgan fingerprint density at radius 3 is 2.31 bits per heavy atom. The van der Waals surface area contributed by atoms with Crippen molar-refractivity contribution in [1.82, 2.24) is 10.2 Å². The third-order valence-electron chi connectivity index (χ3n) is 4.90. The van der Waals surface area contributed by atoms with Crippen molar-refractivity contribution in [2.75, 3.05) is 39.4 Å². The standard InChI is InChI=1S/C17H22ClF3N2O.2ClH/c18-15-2-1-13(17(19,20)21)11-14(15)16(12-3-9-24-10-4-12)23-7-5-22-6-8-23;;/h1-2,11-12,16,22H,3-10H2;2*1H/t16-;;/m0../s1. The zero-order chi connectivity index (χ0) is 17.2. The maximum atomic E-state index is 13.2. The van der Waals surface area contributed by atoms with E-state index < -0.39 is 11.7 Å². The van der Waals surface area contributed by atoms with Crippen LogP contribution in [0, 0.1) is 5.92 Å². The van der Waals surface area contributed by atoms with Crippen LogP contribution in [0.5, 0.6) is 0 Å². The molecule has 2 aliphatic rings. The maximum absolute atomic E-state index is 13.2. The molecule has 1 aromatic rings. The minimum atomic E-state index is -4.36. The molecule has 0 aliphatic carbocycles. The Hall–Kier alpha value is -0.240. The molecule has 1 N–H and O–H groups in total. The first kappa shape index (κ1) is 23.8. The van der Waals surface area contributed by atoms with Crippen molar-refractivity contribution in [2.45, 2.75) is 25.1 Å². The molecule has 3 nitrogen and oxygen atoms in total. The van der Waals surface area contributed by atoms with Crippen LogP contribution in [0.3, 0.4) is 0 Å². The largest absolute Gasteiger partial charge is 0.416 e. The number of rotatable bonds is 3. The van der Waals surface area contributed by atoms with Crippen molar-refractivity contribution in [3.63, 3.8) is 0 Å². The molecule has 1 aromatic carbocycles. The smallest absolute Gasteiger partial charge is 0.381 e. The number of hydrogen-bond donors (Lipinski definition) is 1. The number of nitrogens with one attached hydrogen (secondary N) is 1. The lowest BCUT2D eigenvalue weighted by Crippen LogP contribution is -2.47. The fraction of sp³-hybridized carbons (Fsp3) is 0.647. The SMILES string of the molecule is Cl.Cl.FC(F)(F)c1ccc(Cl)c([C@H](C2CCOCC2)N2CCNCC2)c1. The molecule has 0 spiro atoms. The van der Waals surface area contributed by atoms with Crippen LogP contribution in [-0.4, -0.2) is 44.3 Å². The molecule has 0 unspecified atom stereocenters. The summed E-state index contributed by atoms with van der Waals surface area (Å²) in [4.78, 5) is 2.27. The van der Waals surface area contributed by atoms with Gasteiger partial charge in [-0.15, -0.1) is 24.8 Å². The summed E-state index contributed by atoms with van der Waals surface area (Å²) in [5.41, 5.74) is -0.0330. The summed E-state index contributed by atoms with van der Waals surface area (Å²) in [6, 6.07) is 3.59. The normalized spacial score (nSPS) is 20.8. The Kier molecular flexibility index (Phi) is 9.47. The van der Waals surface area contributed by atoms with E-state index in [1.54, 1.807) is 0 Å². The van der Waals surface area contributed by atoms with Gasteiger partial charge in [-0.3, -0.25) is 4.90 Å². The van der Waals surface area contributed by atoms with Gasteiger partial charge >= 0.3 is 6.18 Å². The molecule has 2 fully saturated rings. The molecule has 2 heterocycles. The Morgan fingerprint density at radius 1 is 1.12 bits per heavy atom. The Morgan fingerprint density at radius 2 is 1.73 bits per heavy atom. The van der Waals surface area contributed by atoms with Crippen molar-refractivity contribution in [3.8, 4) is 0 Å². The van der Waals surface area contributed by atoms with Gasteiger partial charge in [0.1, 0.15) is 0 Å². The van der Waals surface area contributed by atoms with E-state index in [0.717, 1.165) is 45.1 Å². The van der Waals surface area contributed by atoms with E-state index >= 15 is 0 Å². The Bertz CT molecular complexity index is 545. The van der Waals surface area contributed by atoms with E-state index in [1.165, 1.54) is 12.1 Å². The highest BCUT2D eigenvalue weighted by molar-refractivity contribution is 6.31. The van der Waals surface area contributed by atoms with Crippen LogP contribution in [0.15, 0.2) is 18.2 Å². The van der Waals surface area contributed by atoms with E-state index in [-0.39, 0.29) is 36.8 Å². The van der Waals surface area contributed by atoms with Crippen LogP contribution in [0.4, 0.5) is 13.2 Å². The van der Waals surface area contributed by atoms with Crippen LogP contribution in [0.2, 0.25) is 5.02 Å². The summed E-state index contributed by atoms with van der Waals surface area (Å²) < 4.78 is 44.9. The predicted octanol–water partition coefficient (Wildman–Crippen LogP) is 4.58. The van der Waals surface area contributed by atoms with Crippen LogP contribution < -0.4 is 5.32 Å². The average Bonchev–Trinajstić information content (AvgIpc) is 2.58. The number of halogens is 6. The van der Waals surface area contributed by atoms with E-state index in [9.17, 15) is 13.2 Å². The van der Waals surface area contributed by atoms with Crippen molar-refractivity contribution in [3.05, 3.63) is 34.3 Å². The molecule has 1 atom stereocenters. The minimum Gasteiger partial charge on any atom is -0.381 e. The van der Waals surface area contributed by atoms with E-state index in [2.05, 4.69) is 10.2 Å². The number of ether oxygens (including phenoxy) is 1. The van der Waals surface area contributed by atoms with Gasteiger partial charge in [-0.1, -0.05) is 11.6 Å². The monoisotopic (exact) mass is 434 g/mol. The molecule has 9 heteroatoms. The summed E-state index contributed by atoms with van der Waals surface area (Å²) >= 11 is 6.34. The molecule has 0 radical (unpaired) electrons. The van der Waals surface area contributed by atoms with Crippen molar-refractivity contribution in [2.24, 2.45) is 5.92 Å². The van der Waals surface area contributed by atoms with Crippen LogP contribution >= 0.6 is 36.4 Å². The van der Waals surface area contributed by atoms with Gasteiger partial charge in [0.05, 0.1) is 5.56 Å².